The number of hydrogen-bond acceptors (Lipinski definition) is 3. The molecule has 0 radical (unpaired) electrons. The number of likely N-dealkylation sites (tertiary alicyclic amines) is 1. The Labute approximate surface area is 147 Å². The Morgan fingerprint density at radius 3 is 2.62 bits per heavy atom. The first-order valence-electron chi connectivity index (χ1n) is 9.47. The summed E-state index contributed by atoms with van der Waals surface area (Å²) < 4.78 is 0. The van der Waals surface area contributed by atoms with Gasteiger partial charge in [0, 0.05) is 51.2 Å². The van der Waals surface area contributed by atoms with Gasteiger partial charge in [0.25, 0.3) is 0 Å². The van der Waals surface area contributed by atoms with E-state index in [4.69, 9.17) is 0 Å². The maximum Gasteiger partial charge on any atom is 0.225 e. The number of hydrogen-bond donors (Lipinski definition) is 2. The molecule has 1 saturated carbocycles. The molecule has 2 N–H and O–H groups in total. The van der Waals surface area contributed by atoms with E-state index in [1.54, 1.807) is 7.05 Å². The van der Waals surface area contributed by atoms with Crippen molar-refractivity contribution >= 4 is 11.9 Å². The average Bonchev–Trinajstić information content (AvgIpc) is 3.24. The molecule has 1 unspecified atom stereocenters. The van der Waals surface area contributed by atoms with Crippen molar-refractivity contribution in [3.05, 3.63) is 0 Å². The highest BCUT2D eigenvalue weighted by molar-refractivity contribution is 5.81. The van der Waals surface area contributed by atoms with Crippen molar-refractivity contribution < 1.29 is 4.79 Å². The normalized spacial score (nSPS) is 22.7. The van der Waals surface area contributed by atoms with E-state index in [1.807, 2.05) is 4.90 Å². The first-order valence-corrected chi connectivity index (χ1v) is 9.47. The van der Waals surface area contributed by atoms with Crippen molar-refractivity contribution in [3.63, 3.8) is 0 Å². The van der Waals surface area contributed by atoms with E-state index in [1.165, 1.54) is 12.8 Å². The Kier molecular flexibility index (Phi) is 7.34. The van der Waals surface area contributed by atoms with Gasteiger partial charge in [0.2, 0.25) is 5.91 Å². The fourth-order valence-electron chi connectivity index (χ4n) is 3.51. The van der Waals surface area contributed by atoms with Crippen LogP contribution in [-0.2, 0) is 4.79 Å². The van der Waals surface area contributed by atoms with Gasteiger partial charge in [0.1, 0.15) is 0 Å². The molecule has 0 aromatic heterocycles. The second-order valence-electron chi connectivity index (χ2n) is 7.47. The number of guanidine groups is 1. The van der Waals surface area contributed by atoms with E-state index in [0.29, 0.717) is 18.0 Å². The molecule has 1 saturated heterocycles. The van der Waals surface area contributed by atoms with Gasteiger partial charge in [-0.15, -0.1) is 0 Å². The first kappa shape index (κ1) is 19.0. The van der Waals surface area contributed by atoms with Crippen molar-refractivity contribution in [3.8, 4) is 0 Å². The van der Waals surface area contributed by atoms with Crippen LogP contribution in [-0.4, -0.2) is 74.0 Å². The van der Waals surface area contributed by atoms with Crippen molar-refractivity contribution in [2.75, 3.05) is 40.3 Å². The van der Waals surface area contributed by atoms with Gasteiger partial charge in [-0.1, -0.05) is 12.8 Å². The fourth-order valence-corrected chi connectivity index (χ4v) is 3.51. The zero-order chi connectivity index (χ0) is 17.5. The van der Waals surface area contributed by atoms with E-state index < -0.39 is 0 Å². The highest BCUT2D eigenvalue weighted by atomic mass is 16.2. The summed E-state index contributed by atoms with van der Waals surface area (Å²) in [6, 6.07) is 0.858. The molecule has 6 nitrogen and oxygen atoms in total. The largest absolute Gasteiger partial charge is 0.355 e. The average molecular weight is 338 g/mol. The van der Waals surface area contributed by atoms with Crippen LogP contribution in [0.3, 0.4) is 0 Å². The zero-order valence-electron chi connectivity index (χ0n) is 15.8. The number of nitrogens with zero attached hydrogens (tertiary/aromatic N) is 3. The third-order valence-corrected chi connectivity index (χ3v) is 5.41. The minimum Gasteiger partial charge on any atom is -0.355 e. The molecule has 2 aliphatic rings. The van der Waals surface area contributed by atoms with Gasteiger partial charge in [-0.2, -0.15) is 0 Å². The number of aliphatic imine (C=N–C) groups is 1. The van der Waals surface area contributed by atoms with Gasteiger partial charge < -0.3 is 20.4 Å². The quantitative estimate of drug-likeness (QED) is 0.566. The van der Waals surface area contributed by atoms with Crippen molar-refractivity contribution in [2.24, 2.45) is 10.9 Å². The Morgan fingerprint density at radius 2 is 2.00 bits per heavy atom. The monoisotopic (exact) mass is 337 g/mol. The van der Waals surface area contributed by atoms with Crippen LogP contribution in [0.4, 0.5) is 0 Å². The molecule has 1 heterocycles. The van der Waals surface area contributed by atoms with E-state index in [0.717, 1.165) is 51.4 Å². The SMILES string of the molecule is CN=C(NCCN(C)C(C)C)NC1CCN(C(=O)C2CCCC2)C1. The van der Waals surface area contributed by atoms with Crippen LogP contribution in [0.1, 0.15) is 46.0 Å². The van der Waals surface area contributed by atoms with Gasteiger partial charge in [-0.3, -0.25) is 9.79 Å². The van der Waals surface area contributed by atoms with Gasteiger partial charge in [-0.25, -0.2) is 0 Å². The number of amides is 1. The second-order valence-corrected chi connectivity index (χ2v) is 7.47. The summed E-state index contributed by atoms with van der Waals surface area (Å²) in [6.45, 7) is 7.92. The minimum atomic E-state index is 0.285. The van der Waals surface area contributed by atoms with E-state index >= 15 is 0 Å². The van der Waals surface area contributed by atoms with E-state index in [-0.39, 0.29) is 5.92 Å². The highest BCUT2D eigenvalue weighted by Crippen LogP contribution is 2.27. The maximum atomic E-state index is 12.5. The molecular formula is C18H35N5O. The van der Waals surface area contributed by atoms with Crippen LogP contribution in [0.2, 0.25) is 0 Å². The molecule has 24 heavy (non-hydrogen) atoms. The Balaban J connectivity index is 1.71. The zero-order valence-corrected chi connectivity index (χ0v) is 15.8. The van der Waals surface area contributed by atoms with E-state index in [9.17, 15) is 4.79 Å². The summed E-state index contributed by atoms with van der Waals surface area (Å²) in [5.41, 5.74) is 0. The number of likely N-dealkylation sites (N-methyl/N-ethyl adjacent to an activating group) is 1. The summed E-state index contributed by atoms with van der Waals surface area (Å²) in [7, 11) is 3.93. The molecular weight excluding hydrogens is 302 g/mol. The van der Waals surface area contributed by atoms with Gasteiger partial charge >= 0.3 is 0 Å². The third-order valence-electron chi connectivity index (χ3n) is 5.41. The predicted octanol–water partition coefficient (Wildman–Crippen LogP) is 1.28. The molecule has 138 valence electrons. The van der Waals surface area contributed by atoms with Crippen molar-refractivity contribution in [1.29, 1.82) is 0 Å². The molecule has 6 heteroatoms. The smallest absolute Gasteiger partial charge is 0.225 e. The van der Waals surface area contributed by atoms with Crippen LogP contribution in [0, 0.1) is 5.92 Å². The van der Waals surface area contributed by atoms with Crippen molar-refractivity contribution in [1.82, 2.24) is 20.4 Å². The lowest BCUT2D eigenvalue weighted by Gasteiger charge is -2.23. The van der Waals surface area contributed by atoms with Crippen LogP contribution >= 0.6 is 0 Å². The van der Waals surface area contributed by atoms with Crippen LogP contribution in [0.5, 0.6) is 0 Å². The van der Waals surface area contributed by atoms with Crippen LogP contribution in [0.25, 0.3) is 0 Å². The second kappa shape index (κ2) is 9.25. The molecule has 1 atom stereocenters. The van der Waals surface area contributed by atoms with Gasteiger partial charge in [0.15, 0.2) is 5.96 Å². The third kappa shape index (κ3) is 5.36. The molecule has 0 aromatic carbocycles. The Hall–Kier alpha value is -1.30. The molecule has 0 bridgehead atoms. The highest BCUT2D eigenvalue weighted by Gasteiger charge is 2.32. The lowest BCUT2D eigenvalue weighted by Crippen LogP contribution is -2.47. The number of nitrogens with one attached hydrogen (secondary N) is 2. The lowest BCUT2D eigenvalue weighted by molar-refractivity contribution is -0.134. The number of carbonyl (C=O) groups excluding carboxylic acids is 1. The summed E-state index contributed by atoms with van der Waals surface area (Å²) in [5.74, 6) is 1.50. The summed E-state index contributed by atoms with van der Waals surface area (Å²) in [5, 5.41) is 6.85. The van der Waals surface area contributed by atoms with Crippen molar-refractivity contribution in [2.45, 2.75) is 58.0 Å². The summed E-state index contributed by atoms with van der Waals surface area (Å²) in [6.07, 6.45) is 5.60. The fraction of sp³-hybridized carbons (Fsp3) is 0.889. The lowest BCUT2D eigenvalue weighted by atomic mass is 10.1. The molecule has 1 aliphatic carbocycles. The predicted molar refractivity (Wildman–Crippen MR) is 99.2 cm³/mol. The molecule has 1 amide bonds. The standard InChI is InChI=1S/C18H35N5O/c1-14(2)22(4)12-10-20-18(19-3)21-16-9-11-23(13-16)17(24)15-7-5-6-8-15/h14-16H,5-13H2,1-4H3,(H2,19,20,21). The Morgan fingerprint density at radius 1 is 1.29 bits per heavy atom. The molecule has 0 spiro atoms. The minimum absolute atomic E-state index is 0.285. The van der Waals surface area contributed by atoms with E-state index in [2.05, 4.69) is 41.4 Å². The number of carbonyl (C=O) groups is 1. The molecule has 1 aliphatic heterocycles. The Bertz CT molecular complexity index is 431. The molecule has 0 aromatic rings. The molecule has 2 rings (SSSR count). The van der Waals surface area contributed by atoms with Crippen LogP contribution < -0.4 is 10.6 Å². The van der Waals surface area contributed by atoms with Gasteiger partial charge in [0.05, 0.1) is 0 Å². The van der Waals surface area contributed by atoms with Crippen LogP contribution in [0.15, 0.2) is 4.99 Å². The number of rotatable bonds is 6. The summed E-state index contributed by atoms with van der Waals surface area (Å²) in [4.78, 5) is 21.2. The van der Waals surface area contributed by atoms with Gasteiger partial charge in [-0.05, 0) is 40.2 Å². The summed E-state index contributed by atoms with van der Waals surface area (Å²) >= 11 is 0. The maximum absolute atomic E-state index is 12.5. The molecule has 2 fully saturated rings. The first-order chi connectivity index (χ1) is 11.5. The topological polar surface area (TPSA) is 60.0 Å².